The average Bonchev–Trinajstić information content (AvgIpc) is 3.31. The summed E-state index contributed by atoms with van der Waals surface area (Å²) in [7, 11) is 2.75. The van der Waals surface area contributed by atoms with Gasteiger partial charge in [-0.25, -0.2) is 6.29 Å². The maximum atomic E-state index is 12.6. The molecule has 2 aliphatic rings. The van der Waals surface area contributed by atoms with Crippen molar-refractivity contribution in [3.8, 4) is 0 Å². The fourth-order valence-corrected chi connectivity index (χ4v) is 5.89. The van der Waals surface area contributed by atoms with Crippen LogP contribution in [0.1, 0.15) is 25.7 Å². The van der Waals surface area contributed by atoms with Gasteiger partial charge in [0, 0.05) is 71.1 Å². The number of rotatable bonds is 16. The van der Waals surface area contributed by atoms with Gasteiger partial charge in [0.15, 0.2) is 5.78 Å². The molecule has 4 atom stereocenters. The van der Waals surface area contributed by atoms with E-state index in [0.29, 0.717) is 12.8 Å². The first-order chi connectivity index (χ1) is 17.2. The van der Waals surface area contributed by atoms with Gasteiger partial charge in [-0.1, -0.05) is 6.04 Å². The Balaban J connectivity index is 0.00000421. The number of amides is 4. The Hall–Kier alpha value is -0.776. The monoisotopic (exact) mass is 634 g/mol. The van der Waals surface area contributed by atoms with Crippen molar-refractivity contribution in [2.24, 2.45) is 22.9 Å². The van der Waals surface area contributed by atoms with Gasteiger partial charge in [0.05, 0.1) is 23.1 Å². The van der Waals surface area contributed by atoms with Gasteiger partial charge in [-0.15, -0.1) is 23.5 Å². The summed E-state index contributed by atoms with van der Waals surface area (Å²) >= 11 is 2.39. The summed E-state index contributed by atoms with van der Waals surface area (Å²) in [6.45, 7) is 0.337. The van der Waals surface area contributed by atoms with Gasteiger partial charge >= 0.3 is 0 Å². The summed E-state index contributed by atoms with van der Waals surface area (Å²) in [6, 6.07) is -1.38. The number of nitrogens with zero attached hydrogens (tertiary/aromatic N) is 2. The Kier molecular flexibility index (Phi) is 18.9. The van der Waals surface area contributed by atoms with E-state index in [4.69, 9.17) is 17.2 Å². The number of ketones is 1. The molecule has 2 aliphatic heterocycles. The minimum Gasteiger partial charge on any atom is -0.540 e. The Morgan fingerprint density at radius 3 is 1.84 bits per heavy atom. The Labute approximate surface area is 250 Å². The maximum absolute atomic E-state index is 12.6. The number of carbonyl (C=O) groups excluding carboxylic acids is 6. The summed E-state index contributed by atoms with van der Waals surface area (Å²) in [4.78, 5) is 74.3. The van der Waals surface area contributed by atoms with Crippen molar-refractivity contribution in [2.75, 3.05) is 37.8 Å². The molecule has 0 aromatic heterocycles. The number of carbonyl (C=O) groups is 5. The van der Waals surface area contributed by atoms with Crippen LogP contribution in [0.4, 0.5) is 0 Å². The Morgan fingerprint density at radius 2 is 1.43 bits per heavy atom. The molecule has 1 radical (unpaired) electrons. The van der Waals surface area contributed by atoms with E-state index >= 15 is 0 Å². The third-order valence-corrected chi connectivity index (χ3v) is 8.08. The molecule has 16 heteroatoms. The van der Waals surface area contributed by atoms with Gasteiger partial charge in [0.2, 0.25) is 23.6 Å². The van der Waals surface area contributed by atoms with Crippen molar-refractivity contribution in [1.29, 1.82) is 0 Å². The van der Waals surface area contributed by atoms with E-state index in [9.17, 15) is 28.8 Å². The van der Waals surface area contributed by atoms with Crippen molar-refractivity contribution in [2.45, 2.75) is 48.3 Å². The van der Waals surface area contributed by atoms with Gasteiger partial charge in [0.25, 0.3) is 0 Å². The largest absolute Gasteiger partial charge is 0.540 e. The number of unbranched alkanes of at least 4 members (excludes halogenated alkanes) is 1. The van der Waals surface area contributed by atoms with Crippen molar-refractivity contribution in [3.05, 3.63) is 7.05 Å². The molecule has 4 amide bonds. The van der Waals surface area contributed by atoms with Crippen LogP contribution in [0.15, 0.2) is 0 Å². The smallest absolute Gasteiger partial charge is 0.242 e. The standard InChI is InChI=1S/C20H31N6O6S2.CH4N.Y/c21-7-14(28)13(24-11-22)10-34-16-6-18(30)26(20(16)32)4-2-1-3-25-17(29)5-15(19(25)31)33-9-12(23)8-27;1-2;/h12-13,15-16,24H,1-7,9-11,21-23H2;1-2H2;/q2*-1;. The molecule has 13 nitrogen and oxygen atoms in total. The van der Waals surface area contributed by atoms with Crippen LogP contribution >= 0.6 is 23.5 Å². The quantitative estimate of drug-likeness (QED) is 0.0497. The van der Waals surface area contributed by atoms with Gasteiger partial charge < -0.3 is 27.7 Å². The molecule has 0 bridgehead atoms. The predicted octanol–water partition coefficient (Wildman–Crippen LogP) is -2.94. The van der Waals surface area contributed by atoms with Gasteiger partial charge in [-0.2, -0.15) is 0 Å². The number of nitrogens with two attached hydrogens (primary N) is 4. The molecule has 2 saturated heterocycles. The molecule has 0 aromatic carbocycles. The van der Waals surface area contributed by atoms with Crippen LogP contribution in [-0.2, 0) is 61.5 Å². The first-order valence-electron chi connectivity index (χ1n) is 11.3. The SMILES string of the molecule is NCNC(CSC1CC(=O)N(CCCCN2C(=O)CC(SCC(N)[C-]=O)C2=O)C1=O)C(=O)CN.[CH2-]N.[Y]. The van der Waals surface area contributed by atoms with Crippen molar-refractivity contribution in [1.82, 2.24) is 15.1 Å². The van der Waals surface area contributed by atoms with E-state index in [-0.39, 0.29) is 113 Å². The normalized spacial score (nSPS) is 20.9. The molecular formula is C21H35N7O6S2Y-2. The molecule has 2 rings (SSSR count). The minimum atomic E-state index is -0.802. The molecule has 0 aliphatic carbocycles. The van der Waals surface area contributed by atoms with E-state index in [1.54, 1.807) is 6.29 Å². The number of nitrogens with one attached hydrogen (secondary N) is 1. The average molecular weight is 635 g/mol. The van der Waals surface area contributed by atoms with Crippen LogP contribution < -0.4 is 28.3 Å². The second-order valence-corrected chi connectivity index (χ2v) is 10.4. The first kappa shape index (κ1) is 36.2. The summed E-state index contributed by atoms with van der Waals surface area (Å²) < 4.78 is 0. The molecular weight excluding hydrogens is 599 g/mol. The predicted molar refractivity (Wildman–Crippen MR) is 138 cm³/mol. The summed E-state index contributed by atoms with van der Waals surface area (Å²) in [5.74, 6) is -0.932. The van der Waals surface area contributed by atoms with Crippen LogP contribution in [-0.4, -0.2) is 106 Å². The summed E-state index contributed by atoms with van der Waals surface area (Å²) in [6.07, 6.45) is 2.64. The molecule has 0 aromatic rings. The second kappa shape index (κ2) is 19.3. The first-order valence-corrected chi connectivity index (χ1v) is 13.4. The molecule has 2 heterocycles. The van der Waals surface area contributed by atoms with Crippen LogP contribution in [0.25, 0.3) is 0 Å². The zero-order valence-electron chi connectivity index (χ0n) is 20.6. The molecule has 0 saturated carbocycles. The third kappa shape index (κ3) is 11.1. The number of hydrogen-bond acceptors (Lipinski definition) is 13. The van der Waals surface area contributed by atoms with E-state index in [0.717, 1.165) is 0 Å². The summed E-state index contributed by atoms with van der Waals surface area (Å²) in [5.41, 5.74) is 20.6. The van der Waals surface area contributed by atoms with Crippen molar-refractivity contribution < 1.29 is 61.5 Å². The maximum Gasteiger partial charge on any atom is 0.242 e. The summed E-state index contributed by atoms with van der Waals surface area (Å²) in [5, 5.41) is 1.69. The molecule has 207 valence electrons. The number of hydrogen-bond donors (Lipinski definition) is 5. The van der Waals surface area contributed by atoms with E-state index < -0.39 is 22.6 Å². The third-order valence-electron chi connectivity index (χ3n) is 5.47. The van der Waals surface area contributed by atoms with Crippen LogP contribution in [0.5, 0.6) is 0 Å². The topological polar surface area (TPSA) is 225 Å². The van der Waals surface area contributed by atoms with Crippen LogP contribution in [0.2, 0.25) is 0 Å². The Morgan fingerprint density at radius 1 is 0.973 bits per heavy atom. The van der Waals surface area contributed by atoms with E-state index in [1.165, 1.54) is 33.3 Å². The molecule has 4 unspecified atom stereocenters. The number of imide groups is 2. The molecule has 0 spiro atoms. The number of likely N-dealkylation sites (tertiary alicyclic amines) is 2. The fourth-order valence-electron chi connectivity index (χ4n) is 3.59. The fraction of sp³-hybridized carbons (Fsp3) is 0.667. The Bertz CT molecular complexity index is 809. The molecule has 9 N–H and O–H groups in total. The van der Waals surface area contributed by atoms with Gasteiger partial charge in [-0.05, 0) is 18.6 Å². The zero-order valence-corrected chi connectivity index (χ0v) is 25.1. The van der Waals surface area contributed by atoms with Crippen molar-refractivity contribution in [3.63, 3.8) is 0 Å². The second-order valence-electron chi connectivity index (χ2n) is 7.88. The minimum absolute atomic E-state index is 0. The number of Topliss-reactive ketones (excluding diaryl/α,β-unsaturated/α-hetero) is 1. The zero-order chi connectivity index (χ0) is 27.3. The van der Waals surface area contributed by atoms with Crippen molar-refractivity contribution >= 4 is 59.2 Å². The van der Waals surface area contributed by atoms with E-state index in [1.807, 2.05) is 0 Å². The van der Waals surface area contributed by atoms with Crippen LogP contribution in [0.3, 0.4) is 0 Å². The van der Waals surface area contributed by atoms with Crippen LogP contribution in [0, 0.1) is 7.05 Å². The molecule has 2 fully saturated rings. The van der Waals surface area contributed by atoms with Gasteiger partial charge in [0.1, 0.15) is 0 Å². The van der Waals surface area contributed by atoms with Gasteiger partial charge in [-0.3, -0.25) is 46.1 Å². The number of thioether (sulfide) groups is 2. The molecule has 37 heavy (non-hydrogen) atoms. The van der Waals surface area contributed by atoms with E-state index in [2.05, 4.69) is 18.1 Å².